The molecule has 0 unspecified atom stereocenters. The number of thiophene rings is 1. The summed E-state index contributed by atoms with van der Waals surface area (Å²) in [5.41, 5.74) is 2.54. The highest BCUT2D eigenvalue weighted by atomic mass is 32.1. The van der Waals surface area contributed by atoms with Gasteiger partial charge in [0.05, 0.1) is 5.39 Å². The third-order valence-corrected chi connectivity index (χ3v) is 5.36. The van der Waals surface area contributed by atoms with Gasteiger partial charge in [0.2, 0.25) is 0 Å². The first-order valence-corrected chi connectivity index (χ1v) is 8.91. The van der Waals surface area contributed by atoms with Crippen LogP contribution in [0.1, 0.15) is 11.3 Å². The molecule has 0 atom stereocenters. The predicted molar refractivity (Wildman–Crippen MR) is 97.3 cm³/mol. The average molecular weight is 324 g/mol. The van der Waals surface area contributed by atoms with Crippen molar-refractivity contribution < 1.29 is 0 Å². The molecule has 1 aromatic carbocycles. The highest BCUT2D eigenvalue weighted by Crippen LogP contribution is 2.41. The Morgan fingerprint density at radius 3 is 2.83 bits per heavy atom. The van der Waals surface area contributed by atoms with Crippen molar-refractivity contribution in [3.05, 3.63) is 41.5 Å². The SMILES string of the molecule is Cc1sc2ncnc(N3CCCNCC3)c2c1-c1ccccc1. The molecule has 0 bridgehead atoms. The number of rotatable bonds is 2. The fraction of sp³-hybridized carbons (Fsp3) is 0.333. The Morgan fingerprint density at radius 2 is 1.96 bits per heavy atom. The molecule has 3 aromatic rings. The summed E-state index contributed by atoms with van der Waals surface area (Å²) in [6.07, 6.45) is 2.86. The Hall–Kier alpha value is -1.98. The first-order valence-electron chi connectivity index (χ1n) is 8.10. The van der Waals surface area contributed by atoms with Crippen molar-refractivity contribution >= 4 is 27.4 Å². The number of hydrogen-bond donors (Lipinski definition) is 1. The van der Waals surface area contributed by atoms with Crippen LogP contribution in [0.4, 0.5) is 5.82 Å². The Morgan fingerprint density at radius 1 is 1.09 bits per heavy atom. The molecule has 118 valence electrons. The minimum atomic E-state index is 0.995. The number of nitrogens with one attached hydrogen (secondary N) is 1. The molecule has 1 aliphatic rings. The van der Waals surface area contributed by atoms with Crippen LogP contribution in [0.15, 0.2) is 36.7 Å². The second-order valence-corrected chi connectivity index (χ2v) is 7.07. The molecule has 4 rings (SSSR count). The van der Waals surface area contributed by atoms with E-state index in [1.54, 1.807) is 17.7 Å². The number of anilines is 1. The number of aryl methyl sites for hydroxylation is 1. The van der Waals surface area contributed by atoms with E-state index in [-0.39, 0.29) is 0 Å². The minimum Gasteiger partial charge on any atom is -0.355 e. The molecule has 0 radical (unpaired) electrons. The lowest BCUT2D eigenvalue weighted by molar-refractivity contribution is 0.724. The smallest absolute Gasteiger partial charge is 0.141 e. The van der Waals surface area contributed by atoms with Crippen LogP contribution >= 0.6 is 11.3 Å². The third-order valence-electron chi connectivity index (χ3n) is 4.35. The van der Waals surface area contributed by atoms with E-state index in [9.17, 15) is 0 Å². The van der Waals surface area contributed by atoms with Crippen molar-refractivity contribution in [1.29, 1.82) is 0 Å². The summed E-state index contributed by atoms with van der Waals surface area (Å²) >= 11 is 1.76. The number of aromatic nitrogens is 2. The molecule has 5 heteroatoms. The average Bonchev–Trinajstić information content (AvgIpc) is 2.76. The van der Waals surface area contributed by atoms with E-state index in [4.69, 9.17) is 0 Å². The zero-order chi connectivity index (χ0) is 15.6. The van der Waals surface area contributed by atoms with Gasteiger partial charge < -0.3 is 10.2 Å². The van der Waals surface area contributed by atoms with Gasteiger partial charge in [0.25, 0.3) is 0 Å². The first kappa shape index (κ1) is 14.6. The van der Waals surface area contributed by atoms with Crippen LogP contribution in [0.5, 0.6) is 0 Å². The quantitative estimate of drug-likeness (QED) is 0.784. The number of fused-ring (bicyclic) bond motifs is 1. The van der Waals surface area contributed by atoms with E-state index in [2.05, 4.69) is 57.4 Å². The monoisotopic (exact) mass is 324 g/mol. The van der Waals surface area contributed by atoms with Gasteiger partial charge in [-0.3, -0.25) is 0 Å². The largest absolute Gasteiger partial charge is 0.355 e. The van der Waals surface area contributed by atoms with Crippen molar-refractivity contribution in [2.75, 3.05) is 31.1 Å². The van der Waals surface area contributed by atoms with Gasteiger partial charge in [0, 0.05) is 30.1 Å². The summed E-state index contributed by atoms with van der Waals surface area (Å²) in [6, 6.07) is 10.6. The predicted octanol–water partition coefficient (Wildman–Crippen LogP) is 3.47. The van der Waals surface area contributed by atoms with Crippen LogP contribution < -0.4 is 10.2 Å². The summed E-state index contributed by atoms with van der Waals surface area (Å²) in [5, 5.41) is 4.68. The van der Waals surface area contributed by atoms with E-state index < -0.39 is 0 Å². The minimum absolute atomic E-state index is 0.995. The normalized spacial score (nSPS) is 15.8. The molecule has 0 saturated carbocycles. The van der Waals surface area contributed by atoms with Crippen LogP contribution in [-0.4, -0.2) is 36.1 Å². The molecule has 0 amide bonds. The maximum Gasteiger partial charge on any atom is 0.141 e. The molecular formula is C18H20N4S. The van der Waals surface area contributed by atoms with Gasteiger partial charge >= 0.3 is 0 Å². The fourth-order valence-corrected chi connectivity index (χ4v) is 4.29. The molecule has 4 nitrogen and oxygen atoms in total. The van der Waals surface area contributed by atoms with Crippen LogP contribution in [0, 0.1) is 6.92 Å². The van der Waals surface area contributed by atoms with E-state index in [1.807, 2.05) is 0 Å². The standard InChI is InChI=1S/C18H20N4S/c1-13-15(14-6-3-2-4-7-14)16-17(20-12-21-18(16)23-13)22-10-5-8-19-9-11-22/h2-4,6-7,12,19H,5,8-11H2,1H3. The first-order chi connectivity index (χ1) is 11.3. The Balaban J connectivity index is 1.91. The third kappa shape index (κ3) is 2.71. The van der Waals surface area contributed by atoms with E-state index in [1.165, 1.54) is 21.4 Å². The van der Waals surface area contributed by atoms with Crippen LogP contribution in [0.3, 0.4) is 0 Å². The van der Waals surface area contributed by atoms with Gasteiger partial charge in [-0.2, -0.15) is 0 Å². The van der Waals surface area contributed by atoms with Crippen molar-refractivity contribution in [1.82, 2.24) is 15.3 Å². The summed E-state index contributed by atoms with van der Waals surface area (Å²) in [7, 11) is 0. The molecule has 1 N–H and O–H groups in total. The topological polar surface area (TPSA) is 41.1 Å². The second-order valence-electron chi connectivity index (χ2n) is 5.87. The second kappa shape index (κ2) is 6.26. The summed E-state index contributed by atoms with van der Waals surface area (Å²) < 4.78 is 0. The van der Waals surface area contributed by atoms with Gasteiger partial charge in [-0.1, -0.05) is 30.3 Å². The van der Waals surface area contributed by atoms with E-state index in [0.717, 1.165) is 43.2 Å². The zero-order valence-electron chi connectivity index (χ0n) is 13.2. The lowest BCUT2D eigenvalue weighted by Gasteiger charge is -2.22. The lowest BCUT2D eigenvalue weighted by Crippen LogP contribution is -2.28. The number of benzene rings is 1. The molecule has 23 heavy (non-hydrogen) atoms. The number of hydrogen-bond acceptors (Lipinski definition) is 5. The van der Waals surface area contributed by atoms with Crippen LogP contribution in [-0.2, 0) is 0 Å². The lowest BCUT2D eigenvalue weighted by atomic mass is 10.0. The highest BCUT2D eigenvalue weighted by molar-refractivity contribution is 7.19. The van der Waals surface area contributed by atoms with Gasteiger partial charge in [-0.05, 0) is 25.5 Å². The van der Waals surface area contributed by atoms with Crippen molar-refractivity contribution in [3.8, 4) is 11.1 Å². The van der Waals surface area contributed by atoms with Gasteiger partial charge in [0.15, 0.2) is 0 Å². The molecular weight excluding hydrogens is 304 g/mol. The molecule has 3 heterocycles. The summed E-state index contributed by atoms with van der Waals surface area (Å²) in [6.45, 7) is 6.31. The molecule has 1 aliphatic heterocycles. The van der Waals surface area contributed by atoms with E-state index >= 15 is 0 Å². The Labute approximate surface area is 140 Å². The number of nitrogens with zero attached hydrogens (tertiary/aromatic N) is 3. The Bertz CT molecular complexity index is 805. The molecule has 1 saturated heterocycles. The van der Waals surface area contributed by atoms with Gasteiger partial charge in [-0.25, -0.2) is 9.97 Å². The molecule has 2 aromatic heterocycles. The van der Waals surface area contributed by atoms with Crippen molar-refractivity contribution in [2.24, 2.45) is 0 Å². The maximum absolute atomic E-state index is 4.67. The zero-order valence-corrected chi connectivity index (χ0v) is 14.1. The van der Waals surface area contributed by atoms with Crippen LogP contribution in [0.2, 0.25) is 0 Å². The van der Waals surface area contributed by atoms with Gasteiger partial charge in [-0.15, -0.1) is 11.3 Å². The summed E-state index contributed by atoms with van der Waals surface area (Å²) in [5.74, 6) is 1.09. The van der Waals surface area contributed by atoms with Gasteiger partial charge in [0.1, 0.15) is 17.0 Å². The highest BCUT2D eigenvalue weighted by Gasteiger charge is 2.20. The fourth-order valence-electron chi connectivity index (χ4n) is 3.28. The van der Waals surface area contributed by atoms with Crippen molar-refractivity contribution in [2.45, 2.75) is 13.3 Å². The molecule has 0 spiro atoms. The summed E-state index contributed by atoms with van der Waals surface area (Å²) in [4.78, 5) is 14.0. The molecule has 0 aliphatic carbocycles. The van der Waals surface area contributed by atoms with Crippen molar-refractivity contribution in [3.63, 3.8) is 0 Å². The molecule has 1 fully saturated rings. The maximum atomic E-state index is 4.67. The Kier molecular flexibility index (Phi) is 3.97. The van der Waals surface area contributed by atoms with Crippen LogP contribution in [0.25, 0.3) is 21.3 Å². The van der Waals surface area contributed by atoms with E-state index in [0.29, 0.717) is 0 Å².